The molecule has 0 saturated heterocycles. The Kier molecular flexibility index (Phi) is 4.74. The van der Waals surface area contributed by atoms with Crippen molar-refractivity contribution >= 4 is 16.8 Å². The zero-order chi connectivity index (χ0) is 19.7. The lowest BCUT2D eigenvalue weighted by Gasteiger charge is -2.13. The third-order valence-electron chi connectivity index (χ3n) is 5.21. The number of hydrogen-bond acceptors (Lipinski definition) is 2. The Labute approximate surface area is 164 Å². The molecule has 2 aromatic carbocycles. The van der Waals surface area contributed by atoms with Gasteiger partial charge in [0.1, 0.15) is 6.04 Å². The van der Waals surface area contributed by atoms with Gasteiger partial charge in [0.2, 0.25) is 5.91 Å². The Bertz CT molecular complexity index is 1110. The van der Waals surface area contributed by atoms with Gasteiger partial charge in [-0.15, -0.1) is 0 Å². The molecular weight excluding hydrogens is 348 g/mol. The average molecular weight is 372 g/mol. The van der Waals surface area contributed by atoms with Crippen LogP contribution < -0.4 is 5.32 Å². The van der Waals surface area contributed by atoms with Crippen LogP contribution in [0.15, 0.2) is 60.9 Å². The van der Waals surface area contributed by atoms with E-state index in [4.69, 9.17) is 0 Å². The Morgan fingerprint density at radius 2 is 1.96 bits per heavy atom. The van der Waals surface area contributed by atoms with Gasteiger partial charge in [0.25, 0.3) is 0 Å². The van der Waals surface area contributed by atoms with Crippen LogP contribution in [0.1, 0.15) is 29.7 Å². The first-order valence-corrected chi connectivity index (χ1v) is 9.48. The quantitative estimate of drug-likeness (QED) is 0.541. The van der Waals surface area contributed by atoms with Crippen molar-refractivity contribution in [1.29, 1.82) is 0 Å². The van der Waals surface area contributed by atoms with Gasteiger partial charge in [-0.25, -0.2) is 0 Å². The van der Waals surface area contributed by atoms with Crippen molar-refractivity contribution in [3.63, 3.8) is 0 Å². The maximum Gasteiger partial charge on any atom is 0.244 e. The summed E-state index contributed by atoms with van der Waals surface area (Å²) in [6, 6.07) is 16.1. The first-order chi connectivity index (χ1) is 13.5. The fourth-order valence-electron chi connectivity index (χ4n) is 3.65. The van der Waals surface area contributed by atoms with Gasteiger partial charge >= 0.3 is 0 Å². The van der Waals surface area contributed by atoms with Crippen LogP contribution >= 0.6 is 0 Å². The summed E-state index contributed by atoms with van der Waals surface area (Å²) >= 11 is 0. The summed E-state index contributed by atoms with van der Waals surface area (Å²) in [6.07, 6.45) is 3.48. The lowest BCUT2D eigenvalue weighted by Crippen LogP contribution is -2.30. The molecule has 4 rings (SSSR count). The van der Waals surface area contributed by atoms with E-state index in [1.807, 2.05) is 31.2 Å². The van der Waals surface area contributed by atoms with Crippen LogP contribution in [0.5, 0.6) is 0 Å². The second kappa shape index (κ2) is 7.35. The summed E-state index contributed by atoms with van der Waals surface area (Å²) < 4.78 is 1.66. The standard InChI is InChI=1S/C23H24N4O/c1-15-12-19(14-24-23(28)17(3)27-11-7-10-25-27)22-20(13-15)16(2)21(26-22)18-8-5-4-6-9-18/h4-13,17,26H,14H2,1-3H3,(H,24,28)/t17-/m1/s1. The number of aromatic amines is 1. The van der Waals surface area contributed by atoms with Crippen LogP contribution in [-0.2, 0) is 11.3 Å². The highest BCUT2D eigenvalue weighted by Gasteiger charge is 2.17. The van der Waals surface area contributed by atoms with E-state index in [1.54, 1.807) is 17.1 Å². The lowest BCUT2D eigenvalue weighted by atomic mass is 10.0. The largest absolute Gasteiger partial charge is 0.354 e. The zero-order valence-corrected chi connectivity index (χ0v) is 16.4. The number of rotatable bonds is 5. The molecule has 5 nitrogen and oxygen atoms in total. The van der Waals surface area contributed by atoms with Crippen molar-refractivity contribution in [1.82, 2.24) is 20.1 Å². The monoisotopic (exact) mass is 372 g/mol. The molecule has 0 spiro atoms. The lowest BCUT2D eigenvalue weighted by molar-refractivity contribution is -0.124. The van der Waals surface area contributed by atoms with Crippen LogP contribution in [0.25, 0.3) is 22.2 Å². The molecule has 2 heterocycles. The minimum atomic E-state index is -0.347. The van der Waals surface area contributed by atoms with Crippen molar-refractivity contribution in [2.24, 2.45) is 0 Å². The molecule has 0 radical (unpaired) electrons. The molecule has 0 aliphatic heterocycles. The number of H-pyrrole nitrogens is 1. The van der Waals surface area contributed by atoms with Crippen molar-refractivity contribution < 1.29 is 4.79 Å². The topological polar surface area (TPSA) is 62.7 Å². The van der Waals surface area contributed by atoms with Crippen molar-refractivity contribution in [2.45, 2.75) is 33.4 Å². The first kappa shape index (κ1) is 18.0. The molecule has 0 bridgehead atoms. The fraction of sp³-hybridized carbons (Fsp3) is 0.217. The number of aromatic nitrogens is 3. The van der Waals surface area contributed by atoms with Crippen molar-refractivity contribution in [2.75, 3.05) is 0 Å². The molecule has 0 unspecified atom stereocenters. The summed E-state index contributed by atoms with van der Waals surface area (Å²) in [5.74, 6) is -0.0510. The molecule has 142 valence electrons. The van der Waals surface area contributed by atoms with E-state index in [0.717, 1.165) is 22.3 Å². The number of aryl methyl sites for hydroxylation is 2. The molecule has 0 saturated carbocycles. The second-order valence-electron chi connectivity index (χ2n) is 7.22. The number of nitrogens with zero attached hydrogens (tertiary/aromatic N) is 2. The predicted molar refractivity (Wildman–Crippen MR) is 112 cm³/mol. The molecule has 28 heavy (non-hydrogen) atoms. The molecule has 0 aliphatic carbocycles. The Morgan fingerprint density at radius 1 is 1.18 bits per heavy atom. The number of carbonyl (C=O) groups excluding carboxylic acids is 1. The Morgan fingerprint density at radius 3 is 2.68 bits per heavy atom. The molecule has 5 heteroatoms. The van der Waals surface area contributed by atoms with E-state index in [2.05, 4.69) is 53.5 Å². The molecule has 1 amide bonds. The minimum Gasteiger partial charge on any atom is -0.354 e. The second-order valence-corrected chi connectivity index (χ2v) is 7.22. The van der Waals surface area contributed by atoms with Crippen LogP contribution in [0.4, 0.5) is 0 Å². The number of benzene rings is 2. The molecular formula is C23H24N4O. The van der Waals surface area contributed by atoms with Gasteiger partial charge in [-0.2, -0.15) is 5.10 Å². The SMILES string of the molecule is Cc1cc(CNC(=O)[C@@H](C)n2cccn2)c2[nH]c(-c3ccccc3)c(C)c2c1. The van der Waals surface area contributed by atoms with E-state index in [-0.39, 0.29) is 11.9 Å². The highest BCUT2D eigenvalue weighted by molar-refractivity contribution is 5.93. The van der Waals surface area contributed by atoms with Gasteiger partial charge in [-0.1, -0.05) is 42.0 Å². The number of amides is 1. The predicted octanol–water partition coefficient (Wildman–Crippen LogP) is 4.53. The van der Waals surface area contributed by atoms with E-state index >= 15 is 0 Å². The van der Waals surface area contributed by atoms with E-state index < -0.39 is 0 Å². The van der Waals surface area contributed by atoms with Gasteiger partial charge in [-0.05, 0) is 49.6 Å². The van der Waals surface area contributed by atoms with Gasteiger partial charge in [0.05, 0.1) is 5.52 Å². The smallest absolute Gasteiger partial charge is 0.244 e. The molecule has 0 fully saturated rings. The molecule has 1 atom stereocenters. The van der Waals surface area contributed by atoms with Gasteiger partial charge in [-0.3, -0.25) is 9.48 Å². The summed E-state index contributed by atoms with van der Waals surface area (Å²) in [4.78, 5) is 16.1. The highest BCUT2D eigenvalue weighted by atomic mass is 16.2. The van der Waals surface area contributed by atoms with E-state index in [9.17, 15) is 4.79 Å². The first-order valence-electron chi connectivity index (χ1n) is 9.48. The Balaban J connectivity index is 1.65. The normalized spacial score (nSPS) is 12.2. The van der Waals surface area contributed by atoms with Crippen LogP contribution in [0, 0.1) is 13.8 Å². The van der Waals surface area contributed by atoms with Crippen molar-refractivity contribution in [3.05, 3.63) is 77.6 Å². The average Bonchev–Trinajstić information content (AvgIpc) is 3.35. The van der Waals surface area contributed by atoms with Gasteiger partial charge in [0.15, 0.2) is 0 Å². The summed E-state index contributed by atoms with van der Waals surface area (Å²) in [5.41, 5.74) is 6.85. The van der Waals surface area contributed by atoms with Gasteiger partial charge < -0.3 is 10.3 Å². The molecule has 0 aliphatic rings. The number of fused-ring (bicyclic) bond motifs is 1. The number of hydrogen-bond donors (Lipinski definition) is 2. The molecule has 2 aromatic heterocycles. The third kappa shape index (κ3) is 3.31. The van der Waals surface area contributed by atoms with E-state index in [0.29, 0.717) is 6.54 Å². The zero-order valence-electron chi connectivity index (χ0n) is 16.4. The highest BCUT2D eigenvalue weighted by Crippen LogP contribution is 2.32. The summed E-state index contributed by atoms with van der Waals surface area (Å²) in [7, 11) is 0. The molecule has 4 aromatic rings. The number of nitrogens with one attached hydrogen (secondary N) is 2. The minimum absolute atomic E-state index is 0.0510. The third-order valence-corrected chi connectivity index (χ3v) is 5.21. The maximum atomic E-state index is 12.5. The molecule has 2 N–H and O–H groups in total. The van der Waals surface area contributed by atoms with Crippen molar-refractivity contribution in [3.8, 4) is 11.3 Å². The van der Waals surface area contributed by atoms with Crippen LogP contribution in [0.2, 0.25) is 0 Å². The van der Waals surface area contributed by atoms with E-state index in [1.165, 1.54) is 16.5 Å². The van der Waals surface area contributed by atoms with Crippen LogP contribution in [-0.4, -0.2) is 20.7 Å². The summed E-state index contributed by atoms with van der Waals surface area (Å²) in [5, 5.41) is 8.41. The Hall–Kier alpha value is -3.34. The van der Waals surface area contributed by atoms with Gasteiger partial charge in [0, 0.05) is 30.0 Å². The van der Waals surface area contributed by atoms with Crippen LogP contribution in [0.3, 0.4) is 0 Å². The maximum absolute atomic E-state index is 12.5. The number of carbonyl (C=O) groups is 1. The fourth-order valence-corrected chi connectivity index (χ4v) is 3.65. The summed E-state index contributed by atoms with van der Waals surface area (Å²) in [6.45, 7) is 6.55.